The molecule has 0 N–H and O–H groups in total. The maximum absolute atomic E-state index is 12.1. The van der Waals surface area contributed by atoms with Gasteiger partial charge in [-0.3, -0.25) is 9.69 Å². The van der Waals surface area contributed by atoms with E-state index in [0.29, 0.717) is 0 Å². The van der Waals surface area contributed by atoms with Gasteiger partial charge in [-0.1, -0.05) is 30.3 Å². The molecule has 0 heterocycles. The molecule has 2 heteroatoms. The molecule has 0 bridgehead atoms. The number of nitrogens with zero attached hydrogens (tertiary/aromatic N) is 1. The van der Waals surface area contributed by atoms with Crippen molar-refractivity contribution in [1.82, 2.24) is 4.90 Å². The quantitative estimate of drug-likeness (QED) is 0.707. The lowest BCUT2D eigenvalue weighted by atomic mass is 10.0. The molecule has 16 heavy (non-hydrogen) atoms. The average Bonchev–Trinajstić information content (AvgIpc) is 3.12. The van der Waals surface area contributed by atoms with Crippen LogP contribution in [0.15, 0.2) is 30.3 Å². The number of rotatable bonds is 5. The van der Waals surface area contributed by atoms with Crippen LogP contribution in [-0.2, 0) is 0 Å². The lowest BCUT2D eigenvalue weighted by Gasteiger charge is -2.23. The third-order valence-corrected chi connectivity index (χ3v) is 3.34. The van der Waals surface area contributed by atoms with Gasteiger partial charge in [0.2, 0.25) is 0 Å². The van der Waals surface area contributed by atoms with Gasteiger partial charge in [0.15, 0.2) is 5.78 Å². The summed E-state index contributed by atoms with van der Waals surface area (Å²) in [5.41, 5.74) is 0.817. The molecule has 0 radical (unpaired) electrons. The highest BCUT2D eigenvalue weighted by Gasteiger charge is 2.27. The van der Waals surface area contributed by atoms with Crippen LogP contribution >= 0.6 is 0 Å². The highest BCUT2D eigenvalue weighted by Crippen LogP contribution is 2.30. The molecule has 2 nitrogen and oxygen atoms in total. The number of hydrogen-bond acceptors (Lipinski definition) is 2. The van der Waals surface area contributed by atoms with Crippen LogP contribution in [0.5, 0.6) is 0 Å². The molecule has 0 aliphatic heterocycles. The van der Waals surface area contributed by atoms with E-state index in [4.69, 9.17) is 0 Å². The summed E-state index contributed by atoms with van der Waals surface area (Å²) in [5.74, 6) is 1.06. The van der Waals surface area contributed by atoms with Gasteiger partial charge in [-0.15, -0.1) is 0 Å². The van der Waals surface area contributed by atoms with Gasteiger partial charge in [0.05, 0.1) is 6.04 Å². The van der Waals surface area contributed by atoms with Crippen LogP contribution in [0.1, 0.15) is 30.1 Å². The average molecular weight is 217 g/mol. The van der Waals surface area contributed by atoms with Crippen molar-refractivity contribution >= 4 is 5.78 Å². The van der Waals surface area contributed by atoms with Gasteiger partial charge in [-0.25, -0.2) is 0 Å². The second-order valence-corrected chi connectivity index (χ2v) is 4.79. The van der Waals surface area contributed by atoms with Gasteiger partial charge in [-0.05, 0) is 32.7 Å². The van der Waals surface area contributed by atoms with Crippen molar-refractivity contribution in [1.29, 1.82) is 0 Å². The molecule has 2 rings (SSSR count). The van der Waals surface area contributed by atoms with Gasteiger partial charge in [0.1, 0.15) is 0 Å². The maximum atomic E-state index is 12.1. The lowest BCUT2D eigenvalue weighted by Crippen LogP contribution is -2.37. The van der Waals surface area contributed by atoms with Crippen molar-refractivity contribution in [3.63, 3.8) is 0 Å². The second kappa shape index (κ2) is 4.79. The number of ketones is 1. The summed E-state index contributed by atoms with van der Waals surface area (Å²) in [6.45, 7) is 3.05. The molecule has 1 unspecified atom stereocenters. The zero-order valence-corrected chi connectivity index (χ0v) is 10.0. The third-order valence-electron chi connectivity index (χ3n) is 3.34. The van der Waals surface area contributed by atoms with Gasteiger partial charge >= 0.3 is 0 Å². The molecule has 86 valence electrons. The van der Waals surface area contributed by atoms with Gasteiger partial charge in [0, 0.05) is 12.1 Å². The summed E-state index contributed by atoms with van der Waals surface area (Å²) in [6, 6.07) is 9.55. The normalized spacial score (nSPS) is 17.4. The Morgan fingerprint density at radius 2 is 2.00 bits per heavy atom. The molecule has 0 saturated heterocycles. The van der Waals surface area contributed by atoms with E-state index in [2.05, 4.69) is 4.90 Å². The molecule has 1 aliphatic carbocycles. The van der Waals surface area contributed by atoms with Crippen molar-refractivity contribution in [2.45, 2.75) is 25.8 Å². The first-order chi connectivity index (χ1) is 7.68. The molecule has 0 aromatic heterocycles. The molecule has 1 fully saturated rings. The van der Waals surface area contributed by atoms with Crippen LogP contribution in [0.2, 0.25) is 0 Å². The van der Waals surface area contributed by atoms with E-state index in [1.54, 1.807) is 0 Å². The molecular formula is C14H19NO. The Morgan fingerprint density at radius 3 is 2.56 bits per heavy atom. The molecule has 1 atom stereocenters. The van der Waals surface area contributed by atoms with Gasteiger partial charge in [-0.2, -0.15) is 0 Å². The first kappa shape index (κ1) is 11.3. The van der Waals surface area contributed by atoms with E-state index >= 15 is 0 Å². The summed E-state index contributed by atoms with van der Waals surface area (Å²) >= 11 is 0. The zero-order chi connectivity index (χ0) is 11.5. The first-order valence-electron chi connectivity index (χ1n) is 5.98. The van der Waals surface area contributed by atoms with Crippen molar-refractivity contribution in [2.75, 3.05) is 13.6 Å². The number of hydrogen-bond donors (Lipinski definition) is 0. The second-order valence-electron chi connectivity index (χ2n) is 4.79. The first-order valence-corrected chi connectivity index (χ1v) is 5.98. The maximum Gasteiger partial charge on any atom is 0.179 e. The number of benzene rings is 1. The van der Waals surface area contributed by atoms with Crippen LogP contribution in [0.25, 0.3) is 0 Å². The van der Waals surface area contributed by atoms with Crippen molar-refractivity contribution in [3.8, 4) is 0 Å². The van der Waals surface area contributed by atoms with Crippen molar-refractivity contribution in [2.24, 2.45) is 5.92 Å². The Morgan fingerprint density at radius 1 is 1.38 bits per heavy atom. The van der Waals surface area contributed by atoms with E-state index in [0.717, 1.165) is 18.0 Å². The number of Topliss-reactive ketones (excluding diaryl/α,β-unsaturated/α-hetero) is 1. The Bertz CT molecular complexity index is 356. The zero-order valence-electron chi connectivity index (χ0n) is 10.0. The topological polar surface area (TPSA) is 20.3 Å². The Balaban J connectivity index is 1.97. The fourth-order valence-corrected chi connectivity index (χ4v) is 1.91. The number of carbonyl (C=O) groups excluding carboxylic acids is 1. The Labute approximate surface area is 97.3 Å². The SMILES string of the molecule is CC(C(=O)c1ccccc1)N(C)CC1CC1. The van der Waals surface area contributed by atoms with E-state index in [1.807, 2.05) is 44.3 Å². The van der Waals surface area contributed by atoms with Crippen LogP contribution in [0.3, 0.4) is 0 Å². The molecule has 1 aromatic carbocycles. The number of likely N-dealkylation sites (N-methyl/N-ethyl adjacent to an activating group) is 1. The summed E-state index contributed by atoms with van der Waals surface area (Å²) < 4.78 is 0. The summed E-state index contributed by atoms with van der Waals surface area (Å²) in [6.07, 6.45) is 2.66. The Kier molecular flexibility index (Phi) is 3.39. The van der Waals surface area contributed by atoms with Crippen LogP contribution in [0, 0.1) is 5.92 Å². The minimum Gasteiger partial charge on any atom is -0.296 e. The van der Waals surface area contributed by atoms with E-state index in [-0.39, 0.29) is 11.8 Å². The minimum absolute atomic E-state index is 0.0111. The fourth-order valence-electron chi connectivity index (χ4n) is 1.91. The van der Waals surface area contributed by atoms with E-state index in [1.165, 1.54) is 12.8 Å². The molecule has 0 spiro atoms. The summed E-state index contributed by atoms with van der Waals surface area (Å²) in [7, 11) is 2.05. The lowest BCUT2D eigenvalue weighted by molar-refractivity contribution is 0.0864. The van der Waals surface area contributed by atoms with Gasteiger partial charge < -0.3 is 0 Å². The van der Waals surface area contributed by atoms with E-state index in [9.17, 15) is 4.79 Å². The van der Waals surface area contributed by atoms with Crippen LogP contribution < -0.4 is 0 Å². The van der Waals surface area contributed by atoms with E-state index < -0.39 is 0 Å². The van der Waals surface area contributed by atoms with Crippen LogP contribution in [0.4, 0.5) is 0 Å². The highest BCUT2D eigenvalue weighted by atomic mass is 16.1. The molecule has 0 amide bonds. The fraction of sp³-hybridized carbons (Fsp3) is 0.500. The van der Waals surface area contributed by atoms with Crippen molar-refractivity contribution < 1.29 is 4.79 Å². The predicted octanol–water partition coefficient (Wildman–Crippen LogP) is 2.60. The summed E-state index contributed by atoms with van der Waals surface area (Å²) in [4.78, 5) is 14.3. The molecule has 1 aliphatic rings. The minimum atomic E-state index is -0.0111. The molecule has 1 saturated carbocycles. The highest BCUT2D eigenvalue weighted by molar-refractivity contribution is 5.99. The monoisotopic (exact) mass is 217 g/mol. The largest absolute Gasteiger partial charge is 0.296 e. The van der Waals surface area contributed by atoms with Crippen molar-refractivity contribution in [3.05, 3.63) is 35.9 Å². The smallest absolute Gasteiger partial charge is 0.179 e. The standard InChI is InChI=1S/C14H19NO/c1-11(15(2)10-12-8-9-12)14(16)13-6-4-3-5-7-13/h3-7,11-12H,8-10H2,1-2H3. The number of carbonyl (C=O) groups is 1. The van der Waals surface area contributed by atoms with Gasteiger partial charge in [0.25, 0.3) is 0 Å². The third kappa shape index (κ3) is 2.70. The Hall–Kier alpha value is -1.15. The molecule has 1 aromatic rings. The molecular weight excluding hydrogens is 198 g/mol. The van der Waals surface area contributed by atoms with Crippen LogP contribution in [-0.4, -0.2) is 30.3 Å². The summed E-state index contributed by atoms with van der Waals surface area (Å²) in [5, 5.41) is 0. The predicted molar refractivity (Wildman–Crippen MR) is 65.6 cm³/mol.